The van der Waals surface area contributed by atoms with E-state index in [9.17, 15) is 13.2 Å². The molecule has 3 N–H and O–H groups in total. The van der Waals surface area contributed by atoms with E-state index < -0.39 is 17.7 Å². The number of aromatic nitrogens is 4. The van der Waals surface area contributed by atoms with E-state index in [1.54, 1.807) is 13.0 Å². The van der Waals surface area contributed by atoms with Gasteiger partial charge in [-0.1, -0.05) is 0 Å². The minimum absolute atomic E-state index is 0.00215. The quantitative estimate of drug-likeness (QED) is 0.655. The van der Waals surface area contributed by atoms with E-state index in [1.807, 2.05) is 0 Å². The minimum atomic E-state index is -2.41. The first-order valence-electron chi connectivity index (χ1n) is 10.1. The molecule has 166 valence electrons. The SMILES string of the molecule is Cc1cc(-c2cc(F)c3cnc(N)nn23)ncc1C1(C(F)F)CC1.OC1CCCOC1. The number of aryl methyl sites for hydroxylation is 1. The van der Waals surface area contributed by atoms with E-state index in [0.29, 0.717) is 42.0 Å². The molecule has 1 saturated heterocycles. The molecule has 0 bridgehead atoms. The highest BCUT2D eigenvalue weighted by atomic mass is 19.3. The molecule has 0 spiro atoms. The van der Waals surface area contributed by atoms with Gasteiger partial charge >= 0.3 is 0 Å². The third kappa shape index (κ3) is 4.22. The van der Waals surface area contributed by atoms with Crippen LogP contribution in [0, 0.1) is 12.7 Å². The Morgan fingerprint density at radius 1 is 1.26 bits per heavy atom. The Bertz CT molecular complexity index is 1080. The van der Waals surface area contributed by atoms with Crippen LogP contribution in [-0.2, 0) is 10.2 Å². The zero-order valence-electron chi connectivity index (χ0n) is 17.1. The average Bonchev–Trinajstić information content (AvgIpc) is 3.48. The van der Waals surface area contributed by atoms with Gasteiger partial charge in [-0.3, -0.25) is 4.98 Å². The highest BCUT2D eigenvalue weighted by molar-refractivity contribution is 5.65. The molecule has 5 rings (SSSR count). The van der Waals surface area contributed by atoms with Gasteiger partial charge in [-0.05, 0) is 49.8 Å². The number of anilines is 1. The first kappa shape index (κ1) is 21.5. The molecule has 2 aliphatic rings. The second-order valence-electron chi connectivity index (χ2n) is 8.00. The van der Waals surface area contributed by atoms with Gasteiger partial charge in [0.25, 0.3) is 0 Å². The number of aliphatic hydroxyl groups excluding tert-OH is 1. The highest BCUT2D eigenvalue weighted by Gasteiger charge is 2.53. The van der Waals surface area contributed by atoms with Gasteiger partial charge in [-0.25, -0.2) is 22.7 Å². The Hall–Kier alpha value is -2.72. The maximum atomic E-state index is 14.0. The zero-order valence-corrected chi connectivity index (χ0v) is 17.1. The molecule has 1 saturated carbocycles. The van der Waals surface area contributed by atoms with Crippen molar-refractivity contribution in [2.75, 3.05) is 18.9 Å². The first-order valence-corrected chi connectivity index (χ1v) is 10.1. The molecule has 1 aliphatic carbocycles. The van der Waals surface area contributed by atoms with Crippen molar-refractivity contribution in [3.8, 4) is 11.4 Å². The molecular formula is C21H24F3N5O2. The molecule has 1 unspecified atom stereocenters. The number of hydrogen-bond donors (Lipinski definition) is 2. The number of aliphatic hydroxyl groups is 1. The Morgan fingerprint density at radius 3 is 2.58 bits per heavy atom. The number of nitrogen functional groups attached to an aromatic ring is 1. The number of hydrogen-bond acceptors (Lipinski definition) is 6. The van der Waals surface area contributed by atoms with E-state index in [4.69, 9.17) is 15.6 Å². The van der Waals surface area contributed by atoms with Crippen LogP contribution in [0.15, 0.2) is 24.5 Å². The Kier molecular flexibility index (Phi) is 5.85. The summed E-state index contributed by atoms with van der Waals surface area (Å²) < 4.78 is 46.9. The number of nitrogens with zero attached hydrogens (tertiary/aromatic N) is 4. The van der Waals surface area contributed by atoms with E-state index in [0.717, 1.165) is 19.4 Å². The van der Waals surface area contributed by atoms with Crippen LogP contribution in [0.5, 0.6) is 0 Å². The monoisotopic (exact) mass is 435 g/mol. The van der Waals surface area contributed by atoms with Gasteiger partial charge in [0.05, 0.1) is 35.7 Å². The summed E-state index contributed by atoms with van der Waals surface area (Å²) in [6.07, 6.45) is 3.00. The lowest BCUT2D eigenvalue weighted by atomic mass is 9.93. The second kappa shape index (κ2) is 8.43. The molecule has 31 heavy (non-hydrogen) atoms. The summed E-state index contributed by atoms with van der Waals surface area (Å²) in [5.41, 5.74) is 6.76. The standard InChI is InChI=1S/C16H14F3N5.C5H10O2/c1-8-4-11(21-6-9(8)16(2-3-16)14(18)19)12-5-10(17)13-7-22-15(20)23-24(12)13;6-5-2-1-3-7-4-5/h4-7,14H,2-3H2,1H3,(H2,20,23);5-6H,1-4H2. The van der Waals surface area contributed by atoms with Gasteiger partial charge < -0.3 is 15.6 Å². The van der Waals surface area contributed by atoms with Crippen molar-refractivity contribution in [3.63, 3.8) is 0 Å². The number of fused-ring (bicyclic) bond motifs is 1. The Morgan fingerprint density at radius 2 is 2.03 bits per heavy atom. The molecule has 1 atom stereocenters. The van der Waals surface area contributed by atoms with Crippen LogP contribution in [0.1, 0.15) is 36.8 Å². The average molecular weight is 435 g/mol. The Balaban J connectivity index is 0.000000282. The zero-order chi connectivity index (χ0) is 22.2. The lowest BCUT2D eigenvalue weighted by Crippen LogP contribution is -2.21. The summed E-state index contributed by atoms with van der Waals surface area (Å²) in [6, 6.07) is 2.96. The number of ether oxygens (including phenoxy) is 1. The van der Waals surface area contributed by atoms with Crippen LogP contribution < -0.4 is 5.73 Å². The third-order valence-corrected chi connectivity index (χ3v) is 5.74. The summed E-state index contributed by atoms with van der Waals surface area (Å²) in [5, 5.41) is 12.8. The van der Waals surface area contributed by atoms with E-state index in [1.165, 1.54) is 23.0 Å². The number of pyridine rings is 1. The maximum absolute atomic E-state index is 14.0. The first-order chi connectivity index (χ1) is 14.8. The predicted molar refractivity (Wildman–Crippen MR) is 108 cm³/mol. The van der Waals surface area contributed by atoms with Crippen LogP contribution in [0.4, 0.5) is 19.1 Å². The van der Waals surface area contributed by atoms with Crippen molar-refractivity contribution in [2.45, 2.75) is 50.6 Å². The molecule has 1 aliphatic heterocycles. The highest BCUT2D eigenvalue weighted by Crippen LogP contribution is 2.53. The lowest BCUT2D eigenvalue weighted by Gasteiger charge is -2.17. The number of halogens is 3. The summed E-state index contributed by atoms with van der Waals surface area (Å²) in [7, 11) is 0. The van der Waals surface area contributed by atoms with Gasteiger partial charge in [0.1, 0.15) is 5.52 Å². The summed E-state index contributed by atoms with van der Waals surface area (Å²) in [6.45, 7) is 3.13. The van der Waals surface area contributed by atoms with Gasteiger partial charge in [0, 0.05) is 18.9 Å². The van der Waals surface area contributed by atoms with Crippen LogP contribution in [0.2, 0.25) is 0 Å². The number of alkyl halides is 2. The second-order valence-corrected chi connectivity index (χ2v) is 8.00. The van der Waals surface area contributed by atoms with Gasteiger partial charge in [0.2, 0.25) is 12.4 Å². The van der Waals surface area contributed by atoms with E-state index in [-0.39, 0.29) is 17.6 Å². The van der Waals surface area contributed by atoms with Crippen molar-refractivity contribution < 1.29 is 23.0 Å². The van der Waals surface area contributed by atoms with Crippen LogP contribution in [0.3, 0.4) is 0 Å². The summed E-state index contributed by atoms with van der Waals surface area (Å²) in [4.78, 5) is 8.04. The van der Waals surface area contributed by atoms with Gasteiger partial charge in [0.15, 0.2) is 5.82 Å². The fourth-order valence-corrected chi connectivity index (χ4v) is 3.83. The van der Waals surface area contributed by atoms with Gasteiger partial charge in [-0.15, -0.1) is 5.10 Å². The van der Waals surface area contributed by atoms with Gasteiger partial charge in [-0.2, -0.15) is 0 Å². The molecule has 0 amide bonds. The van der Waals surface area contributed by atoms with Crippen LogP contribution >= 0.6 is 0 Å². The molecule has 2 fully saturated rings. The molecule has 3 aromatic rings. The lowest BCUT2D eigenvalue weighted by molar-refractivity contribution is -0.00535. The minimum Gasteiger partial charge on any atom is -0.391 e. The van der Waals surface area contributed by atoms with Crippen molar-refractivity contribution in [1.29, 1.82) is 0 Å². The summed E-state index contributed by atoms with van der Waals surface area (Å²) in [5.74, 6) is -0.498. The largest absolute Gasteiger partial charge is 0.391 e. The van der Waals surface area contributed by atoms with Crippen molar-refractivity contribution in [2.24, 2.45) is 0 Å². The summed E-state index contributed by atoms with van der Waals surface area (Å²) >= 11 is 0. The maximum Gasteiger partial charge on any atom is 0.248 e. The molecule has 0 radical (unpaired) electrons. The molecule has 4 heterocycles. The smallest absolute Gasteiger partial charge is 0.248 e. The number of nitrogens with two attached hydrogens (primary N) is 1. The fourth-order valence-electron chi connectivity index (χ4n) is 3.83. The van der Waals surface area contributed by atoms with E-state index >= 15 is 0 Å². The number of rotatable bonds is 3. The van der Waals surface area contributed by atoms with E-state index in [2.05, 4.69) is 15.1 Å². The third-order valence-electron chi connectivity index (χ3n) is 5.74. The molecule has 3 aromatic heterocycles. The predicted octanol–water partition coefficient (Wildman–Crippen LogP) is 3.28. The van der Waals surface area contributed by atoms with Crippen molar-refractivity contribution in [1.82, 2.24) is 19.6 Å². The van der Waals surface area contributed by atoms with Crippen molar-refractivity contribution in [3.05, 3.63) is 41.5 Å². The van der Waals surface area contributed by atoms with Crippen LogP contribution in [0.25, 0.3) is 16.9 Å². The normalized spacial score (nSPS) is 19.9. The van der Waals surface area contributed by atoms with Crippen LogP contribution in [-0.4, -0.2) is 50.4 Å². The Labute approximate surface area is 177 Å². The molecule has 7 nitrogen and oxygen atoms in total. The molecule has 10 heteroatoms. The topological polar surface area (TPSA) is 98.6 Å². The fraction of sp³-hybridized carbons (Fsp3) is 0.476. The molecular weight excluding hydrogens is 411 g/mol. The molecule has 0 aromatic carbocycles. The van der Waals surface area contributed by atoms with Crippen molar-refractivity contribution >= 4 is 11.5 Å².